The molecule has 132 valence electrons. The van der Waals surface area contributed by atoms with E-state index in [0.29, 0.717) is 18.3 Å². The van der Waals surface area contributed by atoms with Crippen molar-refractivity contribution in [3.63, 3.8) is 0 Å². The summed E-state index contributed by atoms with van der Waals surface area (Å²) in [5, 5.41) is 13.7. The Morgan fingerprint density at radius 2 is 1.80 bits per heavy atom. The van der Waals surface area contributed by atoms with Gasteiger partial charge in [-0.3, -0.25) is 10.1 Å². The van der Waals surface area contributed by atoms with Gasteiger partial charge in [-0.1, -0.05) is 30.3 Å². The van der Waals surface area contributed by atoms with Crippen LogP contribution in [0.15, 0.2) is 30.3 Å². The Kier molecular flexibility index (Phi) is 4.29. The first kappa shape index (κ1) is 16.6. The molecule has 0 aromatic heterocycles. The number of esters is 1. The van der Waals surface area contributed by atoms with Gasteiger partial charge in [0.2, 0.25) is 0 Å². The van der Waals surface area contributed by atoms with Crippen LogP contribution >= 0.6 is 0 Å². The number of hydrogen-bond acceptors (Lipinski definition) is 4. The zero-order valence-electron chi connectivity index (χ0n) is 14.8. The average molecular weight is 338 g/mol. The first-order valence-electron chi connectivity index (χ1n) is 9.45. The molecule has 0 spiro atoms. The molecule has 4 bridgehead atoms. The first-order chi connectivity index (χ1) is 12.1. The number of nitrogens with one attached hydrogen (secondary N) is 1. The van der Waals surface area contributed by atoms with Crippen LogP contribution in [0.2, 0.25) is 0 Å². The Morgan fingerprint density at radius 1 is 1.20 bits per heavy atom. The van der Waals surface area contributed by atoms with Crippen LogP contribution in [0.25, 0.3) is 0 Å². The molecule has 0 aliphatic heterocycles. The average Bonchev–Trinajstić information content (AvgIpc) is 2.63. The molecule has 0 unspecified atom stereocenters. The molecule has 4 aliphatic carbocycles. The quantitative estimate of drug-likeness (QED) is 0.838. The highest BCUT2D eigenvalue weighted by molar-refractivity contribution is 5.76. The molecular weight excluding hydrogens is 312 g/mol. The molecule has 5 rings (SSSR count). The lowest BCUT2D eigenvalue weighted by molar-refractivity contribution is -0.145. The van der Waals surface area contributed by atoms with Crippen molar-refractivity contribution in [3.8, 4) is 6.07 Å². The van der Waals surface area contributed by atoms with Crippen LogP contribution in [-0.4, -0.2) is 24.7 Å². The molecule has 4 nitrogen and oxygen atoms in total. The number of carbonyl (C=O) groups excluding carboxylic acids is 1. The molecule has 1 atom stereocenters. The van der Waals surface area contributed by atoms with Crippen molar-refractivity contribution in [2.75, 3.05) is 7.11 Å². The molecule has 0 radical (unpaired) electrons. The van der Waals surface area contributed by atoms with Gasteiger partial charge in [0, 0.05) is 0 Å². The molecule has 4 aliphatic rings. The van der Waals surface area contributed by atoms with Gasteiger partial charge in [-0.05, 0) is 67.8 Å². The highest BCUT2D eigenvalue weighted by atomic mass is 16.5. The lowest BCUT2D eigenvalue weighted by atomic mass is 9.49. The minimum Gasteiger partial charge on any atom is -0.468 e. The van der Waals surface area contributed by atoms with Gasteiger partial charge in [0.15, 0.2) is 0 Å². The predicted molar refractivity (Wildman–Crippen MR) is 94.5 cm³/mol. The maximum Gasteiger partial charge on any atom is 0.323 e. The summed E-state index contributed by atoms with van der Waals surface area (Å²) < 4.78 is 5.06. The third kappa shape index (κ3) is 2.85. The molecule has 1 aromatic rings. The lowest BCUT2D eigenvalue weighted by Crippen LogP contribution is -2.67. The number of carbonyl (C=O) groups is 1. The molecular formula is C21H26N2O2. The van der Waals surface area contributed by atoms with Crippen molar-refractivity contribution in [1.82, 2.24) is 5.32 Å². The van der Waals surface area contributed by atoms with Crippen molar-refractivity contribution in [2.24, 2.45) is 23.7 Å². The summed E-state index contributed by atoms with van der Waals surface area (Å²) in [6.07, 6.45) is 6.43. The molecule has 4 heteroatoms. The molecule has 0 saturated heterocycles. The number of ether oxygens (including phenoxy) is 1. The Morgan fingerprint density at radius 3 is 2.32 bits per heavy atom. The molecule has 4 fully saturated rings. The predicted octanol–water partition coefficient (Wildman–Crippen LogP) is 3.08. The number of benzene rings is 1. The maximum atomic E-state index is 12.4. The monoisotopic (exact) mass is 338 g/mol. The van der Waals surface area contributed by atoms with Gasteiger partial charge in [-0.2, -0.15) is 5.26 Å². The van der Waals surface area contributed by atoms with E-state index in [-0.39, 0.29) is 5.97 Å². The van der Waals surface area contributed by atoms with E-state index in [2.05, 4.69) is 11.4 Å². The van der Waals surface area contributed by atoms with E-state index in [1.165, 1.54) is 13.5 Å². The van der Waals surface area contributed by atoms with Crippen LogP contribution < -0.4 is 5.32 Å². The van der Waals surface area contributed by atoms with E-state index in [1.54, 1.807) is 0 Å². The van der Waals surface area contributed by atoms with Crippen LogP contribution in [0, 0.1) is 35.0 Å². The standard InChI is InChI=1S/C21H26N2O2/c1-25-20(24)19(12-14-5-3-2-4-6-14)23-21(13-22)17-8-15-7-16(10-17)11-18(21)9-15/h2-6,15-19,23H,7-12H2,1H3/t15?,16?,17?,18?,19-,21?/m0/s1. The van der Waals surface area contributed by atoms with Crippen molar-refractivity contribution in [1.29, 1.82) is 5.26 Å². The van der Waals surface area contributed by atoms with Gasteiger partial charge in [0.25, 0.3) is 0 Å². The van der Waals surface area contributed by atoms with Crippen LogP contribution in [0.5, 0.6) is 0 Å². The number of nitriles is 1. The first-order valence-corrected chi connectivity index (χ1v) is 9.45. The van der Waals surface area contributed by atoms with Crippen LogP contribution in [0.4, 0.5) is 0 Å². The van der Waals surface area contributed by atoms with Crippen LogP contribution in [-0.2, 0) is 16.0 Å². The number of rotatable bonds is 5. The second-order valence-electron chi connectivity index (χ2n) is 8.20. The van der Waals surface area contributed by atoms with Crippen molar-refractivity contribution in [2.45, 2.75) is 50.1 Å². The van der Waals surface area contributed by atoms with Crippen molar-refractivity contribution < 1.29 is 9.53 Å². The molecule has 0 heterocycles. The molecule has 0 amide bonds. The number of hydrogen-bond donors (Lipinski definition) is 1. The number of nitrogens with zero attached hydrogens (tertiary/aromatic N) is 1. The minimum atomic E-state index is -0.568. The summed E-state index contributed by atoms with van der Waals surface area (Å²) in [6.45, 7) is 0. The van der Waals surface area contributed by atoms with Gasteiger partial charge < -0.3 is 4.74 Å². The molecule has 1 aromatic carbocycles. The highest BCUT2D eigenvalue weighted by Gasteiger charge is 2.58. The second kappa shape index (κ2) is 6.46. The van der Waals surface area contributed by atoms with Gasteiger partial charge in [-0.25, -0.2) is 0 Å². The summed E-state index contributed by atoms with van der Waals surface area (Å²) in [4.78, 5) is 12.4. The zero-order chi connectivity index (χ0) is 17.4. The second-order valence-corrected chi connectivity index (χ2v) is 8.20. The van der Waals surface area contributed by atoms with Gasteiger partial charge in [0.05, 0.1) is 13.2 Å². The Bertz CT molecular complexity index is 651. The van der Waals surface area contributed by atoms with E-state index < -0.39 is 11.6 Å². The minimum absolute atomic E-state index is 0.271. The highest BCUT2D eigenvalue weighted by Crippen LogP contribution is 2.58. The number of methoxy groups -OCH3 is 1. The SMILES string of the molecule is COC(=O)[C@H](Cc1ccccc1)NC1(C#N)C2CC3CC(C2)CC1C3. The summed E-state index contributed by atoms with van der Waals surface area (Å²) in [6, 6.07) is 12.1. The van der Waals surface area contributed by atoms with E-state index in [1.807, 2.05) is 30.3 Å². The fraction of sp³-hybridized carbons (Fsp3) is 0.619. The summed E-state index contributed by atoms with van der Waals surface area (Å²) in [5.74, 6) is 2.05. The van der Waals surface area contributed by atoms with E-state index in [9.17, 15) is 10.1 Å². The summed E-state index contributed by atoms with van der Waals surface area (Å²) in [5.41, 5.74) is 0.517. The fourth-order valence-electron chi connectivity index (χ4n) is 5.85. The van der Waals surface area contributed by atoms with Crippen LogP contribution in [0.1, 0.15) is 37.7 Å². The fourth-order valence-corrected chi connectivity index (χ4v) is 5.85. The van der Waals surface area contributed by atoms with Crippen molar-refractivity contribution >= 4 is 5.97 Å². The van der Waals surface area contributed by atoms with E-state index in [4.69, 9.17) is 4.74 Å². The van der Waals surface area contributed by atoms with Crippen molar-refractivity contribution in [3.05, 3.63) is 35.9 Å². The normalized spacial score (nSPS) is 36.6. The zero-order valence-corrected chi connectivity index (χ0v) is 14.8. The third-order valence-electron chi connectivity index (χ3n) is 6.79. The summed E-state index contributed by atoms with van der Waals surface area (Å²) >= 11 is 0. The Hall–Kier alpha value is -1.86. The third-order valence-corrected chi connectivity index (χ3v) is 6.79. The smallest absolute Gasteiger partial charge is 0.323 e. The Labute approximate surface area is 149 Å². The van der Waals surface area contributed by atoms with E-state index in [0.717, 1.165) is 43.1 Å². The van der Waals surface area contributed by atoms with Crippen LogP contribution in [0.3, 0.4) is 0 Å². The van der Waals surface area contributed by atoms with Gasteiger partial charge in [0.1, 0.15) is 11.6 Å². The van der Waals surface area contributed by atoms with Gasteiger partial charge >= 0.3 is 5.97 Å². The molecule has 25 heavy (non-hydrogen) atoms. The largest absolute Gasteiger partial charge is 0.468 e. The summed E-state index contributed by atoms with van der Waals surface area (Å²) in [7, 11) is 1.43. The molecule has 4 saturated carbocycles. The maximum absolute atomic E-state index is 12.4. The topological polar surface area (TPSA) is 62.1 Å². The lowest BCUT2D eigenvalue weighted by Gasteiger charge is -2.59. The Balaban J connectivity index is 1.60. The van der Waals surface area contributed by atoms with Gasteiger partial charge in [-0.15, -0.1) is 0 Å². The molecule has 1 N–H and O–H groups in total. The van der Waals surface area contributed by atoms with E-state index >= 15 is 0 Å².